The Morgan fingerprint density at radius 3 is 3.06 bits per heavy atom. The van der Waals surface area contributed by atoms with E-state index < -0.39 is 0 Å². The Morgan fingerprint density at radius 1 is 1.44 bits per heavy atom. The predicted molar refractivity (Wildman–Crippen MR) is 58.6 cm³/mol. The van der Waals surface area contributed by atoms with E-state index in [1.54, 1.807) is 11.1 Å². The number of nitrogens with one attached hydrogen (secondary N) is 1. The van der Waals surface area contributed by atoms with Crippen LogP contribution in [0.5, 0.6) is 0 Å². The van der Waals surface area contributed by atoms with Crippen molar-refractivity contribution in [1.29, 1.82) is 0 Å². The average molecular weight is 236 g/mol. The minimum Gasteiger partial charge on any atom is -0.296 e. The van der Waals surface area contributed by atoms with Gasteiger partial charge in [-0.05, 0) is 0 Å². The van der Waals surface area contributed by atoms with Crippen LogP contribution in [0, 0.1) is 0 Å². The predicted octanol–water partition coefficient (Wildman–Crippen LogP) is 0.842. The van der Waals surface area contributed by atoms with Gasteiger partial charge in [0.2, 0.25) is 5.91 Å². The number of carbonyl (C=O) groups excluding carboxylic acids is 2. The summed E-state index contributed by atoms with van der Waals surface area (Å²) in [6, 6.07) is -0.360. The van der Waals surface area contributed by atoms with Gasteiger partial charge in [0, 0.05) is 31.6 Å². The zero-order valence-electron chi connectivity index (χ0n) is 8.21. The van der Waals surface area contributed by atoms with Crippen molar-refractivity contribution in [2.75, 3.05) is 11.4 Å². The summed E-state index contributed by atoms with van der Waals surface area (Å²) in [5.41, 5.74) is 0. The number of rotatable bonds is 1. The monoisotopic (exact) mass is 236 g/mol. The van der Waals surface area contributed by atoms with Crippen molar-refractivity contribution >= 4 is 33.2 Å². The van der Waals surface area contributed by atoms with Crippen LogP contribution in [0.1, 0.15) is 6.42 Å². The molecule has 0 bridgehead atoms. The number of carbonyl (C=O) groups is 2. The van der Waals surface area contributed by atoms with E-state index in [0.717, 1.165) is 9.96 Å². The van der Waals surface area contributed by atoms with Crippen molar-refractivity contribution in [3.63, 3.8) is 0 Å². The summed E-state index contributed by atoms with van der Waals surface area (Å²) in [5, 5.41) is 3.09. The number of hydrogen-bond acceptors (Lipinski definition) is 4. The van der Waals surface area contributed by atoms with Crippen molar-refractivity contribution in [2.45, 2.75) is 6.42 Å². The molecule has 0 atom stereocenters. The largest absolute Gasteiger partial charge is 0.329 e. The highest BCUT2D eigenvalue weighted by Crippen LogP contribution is 2.26. The lowest BCUT2D eigenvalue weighted by Gasteiger charge is -2.24. The molecule has 1 N–H and O–H groups in total. The summed E-state index contributed by atoms with van der Waals surface area (Å²) >= 11 is 1.42. The minimum absolute atomic E-state index is 0.220. The number of thiazole rings is 1. The molecular weight excluding hydrogens is 228 g/mol. The standard InChI is InChI=1S/C9H8N4O2S/c14-6-1-3-13(8(15)11-6)7-5-12-4-2-10-9(12)16-7/h2,4-5H,1,3H2,(H,11,14,15). The first kappa shape index (κ1) is 9.34. The van der Waals surface area contributed by atoms with Gasteiger partial charge in [-0.25, -0.2) is 9.78 Å². The van der Waals surface area contributed by atoms with E-state index in [2.05, 4.69) is 10.3 Å². The maximum atomic E-state index is 11.6. The third-order valence-corrected chi connectivity index (χ3v) is 3.43. The van der Waals surface area contributed by atoms with Gasteiger partial charge < -0.3 is 0 Å². The van der Waals surface area contributed by atoms with Gasteiger partial charge >= 0.3 is 6.03 Å². The van der Waals surface area contributed by atoms with E-state index in [9.17, 15) is 9.59 Å². The SMILES string of the molecule is O=C1CCN(c2cn3ccnc3s2)C(=O)N1. The van der Waals surface area contributed by atoms with Crippen LogP contribution < -0.4 is 10.2 Å². The van der Waals surface area contributed by atoms with Crippen LogP contribution in [0.15, 0.2) is 18.6 Å². The molecule has 1 saturated heterocycles. The fourth-order valence-electron chi connectivity index (χ4n) is 1.61. The van der Waals surface area contributed by atoms with E-state index in [-0.39, 0.29) is 11.9 Å². The van der Waals surface area contributed by atoms with E-state index in [4.69, 9.17) is 0 Å². The molecule has 2 aromatic rings. The van der Waals surface area contributed by atoms with Crippen molar-refractivity contribution in [2.24, 2.45) is 0 Å². The molecule has 7 heteroatoms. The normalized spacial score (nSPS) is 16.9. The van der Waals surface area contributed by atoms with Crippen molar-refractivity contribution in [3.8, 4) is 0 Å². The lowest BCUT2D eigenvalue weighted by molar-refractivity contribution is -0.120. The van der Waals surface area contributed by atoms with E-state index in [0.29, 0.717) is 13.0 Å². The number of amides is 3. The van der Waals surface area contributed by atoms with Crippen LogP contribution in [0.3, 0.4) is 0 Å². The Bertz CT molecular complexity index is 544. The van der Waals surface area contributed by atoms with Gasteiger partial charge in [-0.1, -0.05) is 11.3 Å². The van der Waals surface area contributed by atoms with Crippen molar-refractivity contribution in [3.05, 3.63) is 18.6 Å². The fraction of sp³-hybridized carbons (Fsp3) is 0.222. The number of imidazole rings is 1. The summed E-state index contributed by atoms with van der Waals surface area (Å²) in [4.78, 5) is 29.1. The van der Waals surface area contributed by atoms with Crippen LogP contribution >= 0.6 is 11.3 Å². The summed E-state index contributed by atoms with van der Waals surface area (Å²) in [7, 11) is 0. The Hall–Kier alpha value is -1.89. The third kappa shape index (κ3) is 1.36. The number of anilines is 1. The third-order valence-electron chi connectivity index (χ3n) is 2.40. The first-order valence-electron chi connectivity index (χ1n) is 4.78. The molecule has 82 valence electrons. The van der Waals surface area contributed by atoms with Crippen LogP contribution in [0.4, 0.5) is 9.80 Å². The molecule has 0 aromatic carbocycles. The fourth-order valence-corrected chi connectivity index (χ4v) is 2.58. The molecule has 0 radical (unpaired) electrons. The first-order valence-corrected chi connectivity index (χ1v) is 5.59. The van der Waals surface area contributed by atoms with E-state index in [1.807, 2.05) is 16.8 Å². The minimum atomic E-state index is -0.360. The lowest BCUT2D eigenvalue weighted by Crippen LogP contribution is -2.49. The molecule has 0 saturated carbocycles. The molecule has 3 heterocycles. The Kier molecular flexibility index (Phi) is 1.93. The molecule has 3 amide bonds. The zero-order chi connectivity index (χ0) is 11.1. The highest BCUT2D eigenvalue weighted by Gasteiger charge is 2.25. The van der Waals surface area contributed by atoms with Crippen LogP contribution in [0.2, 0.25) is 0 Å². The number of aromatic nitrogens is 2. The summed E-state index contributed by atoms with van der Waals surface area (Å²) in [6.45, 7) is 0.425. The summed E-state index contributed by atoms with van der Waals surface area (Å²) in [5.74, 6) is -0.220. The van der Waals surface area contributed by atoms with Crippen LogP contribution in [-0.2, 0) is 4.79 Å². The van der Waals surface area contributed by atoms with Gasteiger partial charge in [0.25, 0.3) is 0 Å². The maximum Gasteiger partial charge on any atom is 0.329 e. The van der Waals surface area contributed by atoms with Gasteiger partial charge in [0.15, 0.2) is 4.96 Å². The quantitative estimate of drug-likeness (QED) is 0.798. The Morgan fingerprint density at radius 2 is 2.31 bits per heavy atom. The molecule has 1 aliphatic rings. The smallest absolute Gasteiger partial charge is 0.296 e. The molecule has 2 aromatic heterocycles. The molecule has 16 heavy (non-hydrogen) atoms. The van der Waals surface area contributed by atoms with Crippen molar-refractivity contribution in [1.82, 2.24) is 14.7 Å². The lowest BCUT2D eigenvalue weighted by atomic mass is 10.3. The number of imide groups is 1. The number of urea groups is 1. The molecule has 1 aliphatic heterocycles. The van der Waals surface area contributed by atoms with Gasteiger partial charge in [0.05, 0.1) is 0 Å². The number of fused-ring (bicyclic) bond motifs is 1. The molecule has 0 unspecified atom stereocenters. The van der Waals surface area contributed by atoms with Crippen molar-refractivity contribution < 1.29 is 9.59 Å². The molecule has 0 spiro atoms. The molecule has 1 fully saturated rings. The maximum absolute atomic E-state index is 11.6. The van der Waals surface area contributed by atoms with Crippen LogP contribution in [0.25, 0.3) is 4.96 Å². The molecule has 3 rings (SSSR count). The van der Waals surface area contributed by atoms with Gasteiger partial charge in [-0.15, -0.1) is 0 Å². The highest BCUT2D eigenvalue weighted by molar-refractivity contribution is 7.21. The number of nitrogens with zero attached hydrogens (tertiary/aromatic N) is 3. The van der Waals surface area contributed by atoms with Gasteiger partial charge in [-0.2, -0.15) is 0 Å². The Labute approximate surface area is 94.5 Å². The molecule has 0 aliphatic carbocycles. The second-order valence-electron chi connectivity index (χ2n) is 3.44. The number of hydrogen-bond donors (Lipinski definition) is 1. The first-order chi connectivity index (χ1) is 7.74. The summed E-state index contributed by atoms with van der Waals surface area (Å²) in [6.07, 6.45) is 5.70. The van der Waals surface area contributed by atoms with Crippen LogP contribution in [-0.4, -0.2) is 27.9 Å². The highest BCUT2D eigenvalue weighted by atomic mass is 32.1. The van der Waals surface area contributed by atoms with E-state index in [1.165, 1.54) is 11.3 Å². The Balaban J connectivity index is 1.95. The molecule has 6 nitrogen and oxygen atoms in total. The second kappa shape index (κ2) is 3.31. The van der Waals surface area contributed by atoms with Gasteiger partial charge in [0.1, 0.15) is 5.00 Å². The second-order valence-corrected chi connectivity index (χ2v) is 4.43. The summed E-state index contributed by atoms with van der Waals surface area (Å²) < 4.78 is 1.85. The van der Waals surface area contributed by atoms with Gasteiger partial charge in [-0.3, -0.25) is 19.4 Å². The average Bonchev–Trinajstić information content (AvgIpc) is 2.76. The zero-order valence-corrected chi connectivity index (χ0v) is 9.03. The molecular formula is C9H8N4O2S. The topological polar surface area (TPSA) is 66.7 Å². The van der Waals surface area contributed by atoms with E-state index >= 15 is 0 Å².